The Kier molecular flexibility index (Phi) is 15.6. The monoisotopic (exact) mass is 582 g/mol. The van der Waals surface area contributed by atoms with Gasteiger partial charge in [0, 0.05) is 29.6 Å². The molecule has 0 radical (unpaired) electrons. The highest BCUT2D eigenvalue weighted by molar-refractivity contribution is 5.87. The summed E-state index contributed by atoms with van der Waals surface area (Å²) >= 11 is 0. The van der Waals surface area contributed by atoms with E-state index in [0.29, 0.717) is 43.3 Å². The molecule has 0 heterocycles. The van der Waals surface area contributed by atoms with Gasteiger partial charge in [-0.3, -0.25) is 0 Å². The Morgan fingerprint density at radius 3 is 1.68 bits per heavy atom. The number of esters is 2. The molecule has 7 nitrogen and oxygen atoms in total. The summed E-state index contributed by atoms with van der Waals surface area (Å²) in [7, 11) is 0. The second kappa shape index (κ2) is 16.2. The van der Waals surface area contributed by atoms with Crippen molar-refractivity contribution in [3.8, 4) is 0 Å². The SMILES string of the molecule is C=C(C)C(=O)OC(C)(C)CCOCC(CC)(CC(C)(CC)OCCC(C)C)C(C)(C)OCC(C)(C)OC(=O)C(=C)C. The van der Waals surface area contributed by atoms with Gasteiger partial charge in [-0.1, -0.05) is 40.9 Å². The lowest BCUT2D eigenvalue weighted by molar-refractivity contribution is -0.202. The van der Waals surface area contributed by atoms with Crippen molar-refractivity contribution in [2.75, 3.05) is 26.4 Å². The van der Waals surface area contributed by atoms with Crippen LogP contribution in [0.2, 0.25) is 0 Å². The Hall–Kier alpha value is -1.70. The van der Waals surface area contributed by atoms with Crippen LogP contribution in [0.5, 0.6) is 0 Å². The molecule has 0 saturated heterocycles. The molecule has 0 aromatic heterocycles. The Morgan fingerprint density at radius 1 is 0.732 bits per heavy atom. The molecule has 240 valence electrons. The fourth-order valence-corrected chi connectivity index (χ4v) is 4.47. The maximum atomic E-state index is 12.2. The maximum Gasteiger partial charge on any atom is 0.333 e. The Morgan fingerprint density at radius 2 is 1.24 bits per heavy atom. The lowest BCUT2D eigenvalue weighted by atomic mass is 9.65. The molecule has 7 heteroatoms. The van der Waals surface area contributed by atoms with Gasteiger partial charge in [0.1, 0.15) is 11.2 Å². The number of rotatable bonds is 21. The van der Waals surface area contributed by atoms with E-state index in [1.165, 1.54) is 0 Å². The van der Waals surface area contributed by atoms with E-state index in [4.69, 9.17) is 23.7 Å². The Balaban J connectivity index is 5.98. The molecule has 0 aliphatic rings. The van der Waals surface area contributed by atoms with Crippen molar-refractivity contribution in [1.29, 1.82) is 0 Å². The van der Waals surface area contributed by atoms with Crippen molar-refractivity contribution in [3.63, 3.8) is 0 Å². The minimum atomic E-state index is -0.841. The molecule has 0 bridgehead atoms. The second-order valence-corrected chi connectivity index (χ2v) is 14.1. The Labute approximate surface area is 251 Å². The number of carbonyl (C=O) groups is 2. The summed E-state index contributed by atoms with van der Waals surface area (Å²) < 4.78 is 30.8. The molecular weight excluding hydrogens is 520 g/mol. The van der Waals surface area contributed by atoms with Crippen LogP contribution in [0, 0.1) is 11.3 Å². The summed E-state index contributed by atoms with van der Waals surface area (Å²) in [6.45, 7) is 34.9. The molecule has 0 aromatic rings. The summed E-state index contributed by atoms with van der Waals surface area (Å²) in [4.78, 5) is 24.3. The van der Waals surface area contributed by atoms with E-state index < -0.39 is 34.2 Å². The molecule has 0 aliphatic carbocycles. The normalized spacial score (nSPS) is 15.7. The summed E-state index contributed by atoms with van der Waals surface area (Å²) in [6.07, 6.45) is 3.87. The first kappa shape index (κ1) is 39.3. The second-order valence-electron chi connectivity index (χ2n) is 14.1. The number of hydrogen-bond acceptors (Lipinski definition) is 7. The quantitative estimate of drug-likeness (QED) is 0.0770. The fraction of sp³-hybridized carbons (Fsp3) is 0.824. The zero-order valence-electron chi connectivity index (χ0n) is 28.7. The van der Waals surface area contributed by atoms with Gasteiger partial charge in [-0.05, 0) is 93.9 Å². The summed E-state index contributed by atoms with van der Waals surface area (Å²) in [5, 5.41) is 0. The van der Waals surface area contributed by atoms with E-state index in [9.17, 15) is 9.59 Å². The molecule has 0 spiro atoms. The smallest absolute Gasteiger partial charge is 0.333 e. The van der Waals surface area contributed by atoms with E-state index in [1.807, 2.05) is 27.7 Å². The van der Waals surface area contributed by atoms with Crippen molar-refractivity contribution in [2.24, 2.45) is 11.3 Å². The van der Waals surface area contributed by atoms with Crippen molar-refractivity contribution >= 4 is 11.9 Å². The number of hydrogen-bond donors (Lipinski definition) is 0. The van der Waals surface area contributed by atoms with Gasteiger partial charge in [-0.15, -0.1) is 0 Å². The zero-order valence-corrected chi connectivity index (χ0v) is 28.7. The van der Waals surface area contributed by atoms with Crippen molar-refractivity contribution in [1.82, 2.24) is 0 Å². The third-order valence-electron chi connectivity index (χ3n) is 8.00. The minimum Gasteiger partial charge on any atom is -0.456 e. The van der Waals surface area contributed by atoms with Gasteiger partial charge in [0.05, 0.1) is 31.0 Å². The van der Waals surface area contributed by atoms with Crippen LogP contribution in [0.1, 0.15) is 122 Å². The van der Waals surface area contributed by atoms with Gasteiger partial charge < -0.3 is 23.7 Å². The Bertz CT molecular complexity index is 870. The highest BCUT2D eigenvalue weighted by Gasteiger charge is 2.50. The van der Waals surface area contributed by atoms with Crippen molar-refractivity contribution < 1.29 is 33.3 Å². The number of ether oxygens (including phenoxy) is 5. The van der Waals surface area contributed by atoms with Gasteiger partial charge in [-0.25, -0.2) is 9.59 Å². The molecule has 0 aliphatic heterocycles. The molecule has 0 N–H and O–H groups in total. The highest BCUT2D eigenvalue weighted by Crippen LogP contribution is 2.47. The third-order valence-corrected chi connectivity index (χ3v) is 8.00. The largest absolute Gasteiger partial charge is 0.456 e. The highest BCUT2D eigenvalue weighted by atomic mass is 16.6. The van der Waals surface area contributed by atoms with Crippen LogP contribution in [0.15, 0.2) is 24.3 Å². The maximum absolute atomic E-state index is 12.2. The van der Waals surface area contributed by atoms with Crippen LogP contribution in [0.25, 0.3) is 0 Å². The average molecular weight is 583 g/mol. The van der Waals surface area contributed by atoms with Crippen molar-refractivity contribution in [3.05, 3.63) is 24.3 Å². The van der Waals surface area contributed by atoms with E-state index in [-0.39, 0.29) is 12.2 Å². The predicted octanol–water partition coefficient (Wildman–Crippen LogP) is 8.00. The molecule has 0 saturated carbocycles. The minimum absolute atomic E-state index is 0.210. The summed E-state index contributed by atoms with van der Waals surface area (Å²) in [5.74, 6) is -0.283. The van der Waals surface area contributed by atoms with Crippen LogP contribution in [0.3, 0.4) is 0 Å². The number of carbonyl (C=O) groups excluding carboxylic acids is 2. The summed E-state index contributed by atoms with van der Waals surface area (Å²) in [6, 6.07) is 0. The molecule has 41 heavy (non-hydrogen) atoms. The van der Waals surface area contributed by atoms with Crippen molar-refractivity contribution in [2.45, 2.75) is 145 Å². The molecular formula is C34H62O7. The van der Waals surface area contributed by atoms with Crippen LogP contribution in [-0.4, -0.2) is 60.8 Å². The van der Waals surface area contributed by atoms with Crippen LogP contribution >= 0.6 is 0 Å². The van der Waals surface area contributed by atoms with Crippen LogP contribution in [-0.2, 0) is 33.3 Å². The first-order valence-corrected chi connectivity index (χ1v) is 15.2. The zero-order chi connectivity index (χ0) is 32.3. The predicted molar refractivity (Wildman–Crippen MR) is 167 cm³/mol. The third kappa shape index (κ3) is 13.9. The van der Waals surface area contributed by atoms with Gasteiger partial charge in [0.15, 0.2) is 0 Å². The molecule has 0 amide bonds. The van der Waals surface area contributed by atoms with E-state index in [2.05, 4.69) is 61.6 Å². The van der Waals surface area contributed by atoms with E-state index in [1.54, 1.807) is 13.8 Å². The van der Waals surface area contributed by atoms with Crippen LogP contribution < -0.4 is 0 Å². The molecule has 0 aromatic carbocycles. The van der Waals surface area contributed by atoms with Gasteiger partial charge in [0.2, 0.25) is 0 Å². The molecule has 2 unspecified atom stereocenters. The lowest BCUT2D eigenvalue weighted by Crippen LogP contribution is -2.54. The molecule has 2 atom stereocenters. The summed E-state index contributed by atoms with van der Waals surface area (Å²) in [5.41, 5.74) is -2.28. The van der Waals surface area contributed by atoms with E-state index in [0.717, 1.165) is 25.7 Å². The first-order valence-electron chi connectivity index (χ1n) is 15.2. The lowest BCUT2D eigenvalue weighted by Gasteiger charge is -2.50. The fourth-order valence-electron chi connectivity index (χ4n) is 4.47. The molecule has 0 fully saturated rings. The van der Waals surface area contributed by atoms with E-state index >= 15 is 0 Å². The standard InChI is InChI=1S/C34H62O7/c1-16-33(15,38-20-18-25(3)4)22-34(17-2,24-37-21-19-30(9,10)40-28(35)26(5)6)32(13,14)39-23-31(11,12)41-29(36)27(7)8/h25H,5,7,16-24H2,1-4,6,8-15H3. The van der Waals surface area contributed by atoms with Gasteiger partial charge >= 0.3 is 11.9 Å². The topological polar surface area (TPSA) is 80.3 Å². The average Bonchev–Trinajstić information content (AvgIpc) is 2.83. The van der Waals surface area contributed by atoms with Gasteiger partial charge in [-0.2, -0.15) is 0 Å². The van der Waals surface area contributed by atoms with Crippen LogP contribution in [0.4, 0.5) is 0 Å². The molecule has 0 rings (SSSR count). The first-order chi connectivity index (χ1) is 18.6. The van der Waals surface area contributed by atoms with Gasteiger partial charge in [0.25, 0.3) is 0 Å².